The molecule has 0 aromatic carbocycles. The molecule has 94 valence electrons. The Labute approximate surface area is 100 Å². The van der Waals surface area contributed by atoms with Gasteiger partial charge in [-0.15, -0.1) is 0 Å². The van der Waals surface area contributed by atoms with Crippen LogP contribution in [0.4, 0.5) is 4.79 Å². The van der Waals surface area contributed by atoms with E-state index in [2.05, 4.69) is 6.58 Å². The zero-order valence-electron chi connectivity index (χ0n) is 9.67. The van der Waals surface area contributed by atoms with Gasteiger partial charge in [-0.3, -0.25) is 4.79 Å². The summed E-state index contributed by atoms with van der Waals surface area (Å²) in [6, 6.07) is -0.191. The normalized spacial score (nSPS) is 31.1. The molecule has 1 aliphatic carbocycles. The number of fused-ring (bicyclic) bond motifs is 2. The molecule has 5 nitrogen and oxygen atoms in total. The van der Waals surface area contributed by atoms with Crippen LogP contribution in [0, 0.1) is 11.8 Å². The fourth-order valence-electron chi connectivity index (χ4n) is 2.99. The summed E-state index contributed by atoms with van der Waals surface area (Å²) in [5.74, 6) is -1.12. The van der Waals surface area contributed by atoms with Crippen LogP contribution < -0.4 is 0 Å². The Morgan fingerprint density at radius 3 is 2.82 bits per heavy atom. The molecule has 2 fully saturated rings. The van der Waals surface area contributed by atoms with Crippen molar-refractivity contribution in [3.8, 4) is 0 Å². The van der Waals surface area contributed by atoms with Crippen LogP contribution in [0.2, 0.25) is 0 Å². The number of carboxylic acids is 1. The quantitative estimate of drug-likeness (QED) is 0.758. The Balaban J connectivity index is 2.08. The molecule has 0 radical (unpaired) electrons. The molecule has 1 aliphatic heterocycles. The Bertz CT molecular complexity index is 341. The third-order valence-corrected chi connectivity index (χ3v) is 3.67. The van der Waals surface area contributed by atoms with Crippen LogP contribution in [0.15, 0.2) is 12.7 Å². The van der Waals surface area contributed by atoms with Gasteiger partial charge in [-0.05, 0) is 18.8 Å². The predicted octanol–water partition coefficient (Wildman–Crippen LogP) is 1.49. The molecule has 1 saturated carbocycles. The number of aliphatic carboxylic acids is 1. The molecule has 2 rings (SSSR count). The van der Waals surface area contributed by atoms with Gasteiger partial charge in [0.15, 0.2) is 0 Å². The van der Waals surface area contributed by atoms with Crippen molar-refractivity contribution < 1.29 is 19.4 Å². The van der Waals surface area contributed by atoms with Gasteiger partial charge in [0.2, 0.25) is 0 Å². The maximum atomic E-state index is 11.8. The Kier molecular flexibility index (Phi) is 3.36. The maximum absolute atomic E-state index is 11.8. The molecule has 0 spiro atoms. The number of hydrogen-bond donors (Lipinski definition) is 1. The highest BCUT2D eigenvalue weighted by Gasteiger charge is 2.50. The number of hydrogen-bond acceptors (Lipinski definition) is 3. The number of likely N-dealkylation sites (tertiary alicyclic amines) is 1. The fraction of sp³-hybridized carbons (Fsp3) is 0.667. The third kappa shape index (κ3) is 2.14. The van der Waals surface area contributed by atoms with Crippen LogP contribution in [0.25, 0.3) is 0 Å². The minimum Gasteiger partial charge on any atom is -0.481 e. The highest BCUT2D eigenvalue weighted by molar-refractivity contribution is 5.76. The van der Waals surface area contributed by atoms with E-state index in [9.17, 15) is 14.7 Å². The zero-order valence-corrected chi connectivity index (χ0v) is 9.67. The van der Waals surface area contributed by atoms with E-state index in [1.54, 1.807) is 4.90 Å². The van der Waals surface area contributed by atoms with Crippen molar-refractivity contribution >= 4 is 12.1 Å². The Morgan fingerprint density at radius 1 is 1.47 bits per heavy atom. The second kappa shape index (κ2) is 4.77. The number of carboxylic acid groups (broad SMARTS) is 1. The van der Waals surface area contributed by atoms with E-state index in [0.29, 0.717) is 6.54 Å². The minimum atomic E-state index is -0.793. The van der Waals surface area contributed by atoms with Crippen molar-refractivity contribution in [2.24, 2.45) is 11.8 Å². The average molecular weight is 239 g/mol. The largest absolute Gasteiger partial charge is 0.481 e. The third-order valence-electron chi connectivity index (χ3n) is 3.67. The topological polar surface area (TPSA) is 66.8 Å². The summed E-state index contributed by atoms with van der Waals surface area (Å²) in [6.45, 7) is 4.16. The van der Waals surface area contributed by atoms with Crippen molar-refractivity contribution in [1.82, 2.24) is 4.90 Å². The number of carbonyl (C=O) groups excluding carboxylic acids is 1. The van der Waals surface area contributed by atoms with Crippen LogP contribution in [0.1, 0.15) is 19.3 Å². The number of carbonyl (C=O) groups is 2. The molecule has 1 heterocycles. The lowest BCUT2D eigenvalue weighted by Gasteiger charge is -2.28. The van der Waals surface area contributed by atoms with Gasteiger partial charge in [0.1, 0.15) is 6.61 Å². The molecule has 3 unspecified atom stereocenters. The second-order valence-corrected chi connectivity index (χ2v) is 4.64. The molecular weight excluding hydrogens is 222 g/mol. The van der Waals surface area contributed by atoms with Gasteiger partial charge in [-0.25, -0.2) is 4.79 Å². The second-order valence-electron chi connectivity index (χ2n) is 4.64. The molecule has 2 bridgehead atoms. The van der Waals surface area contributed by atoms with E-state index in [4.69, 9.17) is 4.74 Å². The lowest BCUT2D eigenvalue weighted by atomic mass is 9.80. The molecule has 1 saturated heterocycles. The van der Waals surface area contributed by atoms with Gasteiger partial charge >= 0.3 is 12.1 Å². The van der Waals surface area contributed by atoms with Gasteiger partial charge in [0, 0.05) is 12.6 Å². The molecule has 2 aliphatic rings. The highest BCUT2D eigenvalue weighted by atomic mass is 16.6. The first-order chi connectivity index (χ1) is 8.15. The van der Waals surface area contributed by atoms with Gasteiger partial charge in [-0.2, -0.15) is 0 Å². The van der Waals surface area contributed by atoms with Gasteiger partial charge in [0.05, 0.1) is 5.92 Å². The van der Waals surface area contributed by atoms with Crippen LogP contribution in [0.5, 0.6) is 0 Å². The van der Waals surface area contributed by atoms with Crippen molar-refractivity contribution in [1.29, 1.82) is 0 Å². The molecule has 0 aromatic rings. The molecule has 3 atom stereocenters. The van der Waals surface area contributed by atoms with Crippen molar-refractivity contribution in [3.05, 3.63) is 12.7 Å². The predicted molar refractivity (Wildman–Crippen MR) is 60.5 cm³/mol. The summed E-state index contributed by atoms with van der Waals surface area (Å²) in [7, 11) is 0. The summed E-state index contributed by atoms with van der Waals surface area (Å²) in [5, 5.41) is 9.20. The van der Waals surface area contributed by atoms with Crippen LogP contribution in [-0.4, -0.2) is 41.3 Å². The first-order valence-corrected chi connectivity index (χ1v) is 5.92. The fourth-order valence-corrected chi connectivity index (χ4v) is 2.99. The number of ether oxygens (including phenoxy) is 1. The average Bonchev–Trinajstić information content (AvgIpc) is 2.54. The number of nitrogens with zero attached hydrogens (tertiary/aromatic N) is 1. The van der Waals surface area contributed by atoms with Crippen molar-refractivity contribution in [2.45, 2.75) is 25.3 Å². The van der Waals surface area contributed by atoms with E-state index in [0.717, 1.165) is 19.3 Å². The standard InChI is InChI=1S/C12H17NO4/c1-2-6-17-12(16)13-7-8-4-3-5-9(13)10(8)11(14)15/h2,8-10H,1,3-7H2,(H,14,15). The Hall–Kier alpha value is -1.52. The summed E-state index contributed by atoms with van der Waals surface area (Å²) in [4.78, 5) is 24.6. The minimum absolute atomic E-state index is 0.0857. The first kappa shape index (κ1) is 12.0. The molecule has 0 aromatic heterocycles. The van der Waals surface area contributed by atoms with Crippen LogP contribution in [-0.2, 0) is 9.53 Å². The molecule has 5 heteroatoms. The summed E-state index contributed by atoms with van der Waals surface area (Å²) in [5.41, 5.74) is 0. The SMILES string of the molecule is C=CCOC(=O)N1CC2CCCC1C2C(=O)O. The van der Waals surface area contributed by atoms with E-state index in [1.165, 1.54) is 6.08 Å². The highest BCUT2D eigenvalue weighted by Crippen LogP contribution is 2.40. The van der Waals surface area contributed by atoms with Crippen LogP contribution in [0.3, 0.4) is 0 Å². The Morgan fingerprint density at radius 2 is 2.24 bits per heavy atom. The van der Waals surface area contributed by atoms with E-state index >= 15 is 0 Å². The van der Waals surface area contributed by atoms with E-state index in [-0.39, 0.29) is 18.6 Å². The maximum Gasteiger partial charge on any atom is 0.410 e. The van der Waals surface area contributed by atoms with Gasteiger partial charge in [-0.1, -0.05) is 19.1 Å². The number of amides is 1. The molecule has 1 N–H and O–H groups in total. The van der Waals surface area contributed by atoms with Crippen molar-refractivity contribution in [2.75, 3.05) is 13.2 Å². The van der Waals surface area contributed by atoms with Crippen molar-refractivity contribution in [3.63, 3.8) is 0 Å². The smallest absolute Gasteiger partial charge is 0.410 e. The number of rotatable bonds is 3. The molecule has 1 amide bonds. The van der Waals surface area contributed by atoms with E-state index < -0.39 is 18.0 Å². The summed E-state index contributed by atoms with van der Waals surface area (Å²) in [6.07, 6.45) is 3.74. The first-order valence-electron chi connectivity index (χ1n) is 5.92. The van der Waals surface area contributed by atoms with E-state index in [1.807, 2.05) is 0 Å². The molecule has 17 heavy (non-hydrogen) atoms. The summed E-state index contributed by atoms with van der Waals surface area (Å²) < 4.78 is 4.99. The van der Waals surface area contributed by atoms with Gasteiger partial charge < -0.3 is 14.7 Å². The summed E-state index contributed by atoms with van der Waals surface area (Å²) >= 11 is 0. The lowest BCUT2D eigenvalue weighted by molar-refractivity contribution is -0.144. The molecular formula is C12H17NO4. The van der Waals surface area contributed by atoms with Crippen LogP contribution >= 0.6 is 0 Å². The monoisotopic (exact) mass is 239 g/mol. The zero-order chi connectivity index (χ0) is 12.4. The lowest BCUT2D eigenvalue weighted by Crippen LogP contribution is -2.41. The van der Waals surface area contributed by atoms with Gasteiger partial charge in [0.25, 0.3) is 0 Å².